The second-order valence-electron chi connectivity index (χ2n) is 6.88. The number of nitrogens with one attached hydrogen (secondary N) is 1. The van der Waals surface area contributed by atoms with Crippen LogP contribution in [-0.2, 0) is 6.54 Å². The number of aryl methyl sites for hydroxylation is 1. The van der Waals surface area contributed by atoms with Crippen molar-refractivity contribution < 1.29 is 9.90 Å². The van der Waals surface area contributed by atoms with E-state index in [4.69, 9.17) is 0 Å². The van der Waals surface area contributed by atoms with Gasteiger partial charge in [-0.15, -0.1) is 5.10 Å². The van der Waals surface area contributed by atoms with Gasteiger partial charge < -0.3 is 15.3 Å². The summed E-state index contributed by atoms with van der Waals surface area (Å²) in [6.45, 7) is 2.87. The Hall–Kier alpha value is -1.70. The second kappa shape index (κ2) is 7.92. The van der Waals surface area contributed by atoms with Crippen molar-refractivity contribution in [3.63, 3.8) is 0 Å². The monoisotopic (exact) mass is 336 g/mol. The summed E-state index contributed by atoms with van der Waals surface area (Å²) in [5.41, 5.74) is 0. The first-order valence-corrected chi connectivity index (χ1v) is 9.20. The van der Waals surface area contributed by atoms with Crippen LogP contribution in [0.5, 0.6) is 0 Å². The van der Waals surface area contributed by atoms with Gasteiger partial charge in [0, 0.05) is 12.6 Å². The van der Waals surface area contributed by atoms with E-state index >= 15 is 0 Å². The van der Waals surface area contributed by atoms with Crippen LogP contribution in [0.25, 0.3) is 0 Å². The molecule has 2 aliphatic rings. The van der Waals surface area contributed by atoms with Gasteiger partial charge in [0.1, 0.15) is 0 Å². The lowest BCUT2D eigenvalue weighted by Crippen LogP contribution is -2.48. The summed E-state index contributed by atoms with van der Waals surface area (Å²) in [5, 5.41) is 24.9. The van der Waals surface area contributed by atoms with Crippen molar-refractivity contribution in [2.24, 2.45) is 0 Å². The lowest BCUT2D eigenvalue weighted by molar-refractivity contribution is 0.132. The van der Waals surface area contributed by atoms with Crippen LogP contribution in [0.3, 0.4) is 0 Å². The van der Waals surface area contributed by atoms with Crippen molar-refractivity contribution in [1.29, 1.82) is 0 Å². The molecule has 0 bridgehead atoms. The first-order valence-electron chi connectivity index (χ1n) is 9.20. The van der Waals surface area contributed by atoms with Gasteiger partial charge in [0.05, 0.1) is 18.7 Å². The van der Waals surface area contributed by atoms with E-state index < -0.39 is 0 Å². The van der Waals surface area contributed by atoms with E-state index in [0.717, 1.165) is 50.9 Å². The maximum atomic E-state index is 12.8. The number of unbranched alkanes of at least 4 members (excludes halogenated alkanes) is 1. The lowest BCUT2D eigenvalue weighted by Gasteiger charge is -2.30. The molecule has 1 saturated heterocycles. The minimum atomic E-state index is -0.160. The molecule has 1 aliphatic heterocycles. The molecule has 0 spiro atoms. The Balaban J connectivity index is 1.75. The Morgan fingerprint density at radius 1 is 1.29 bits per heavy atom. The highest BCUT2D eigenvalue weighted by Crippen LogP contribution is 2.35. The van der Waals surface area contributed by atoms with Crippen LogP contribution in [0.15, 0.2) is 0 Å². The number of aromatic nitrogens is 4. The number of carbonyl (C=O) groups is 1. The van der Waals surface area contributed by atoms with Crippen molar-refractivity contribution >= 4 is 6.03 Å². The zero-order valence-electron chi connectivity index (χ0n) is 14.4. The first kappa shape index (κ1) is 17.1. The highest BCUT2D eigenvalue weighted by Gasteiger charge is 2.40. The molecule has 3 rings (SSSR count). The van der Waals surface area contributed by atoms with E-state index in [-0.39, 0.29) is 30.8 Å². The zero-order chi connectivity index (χ0) is 16.9. The fourth-order valence-corrected chi connectivity index (χ4v) is 3.86. The molecule has 2 amide bonds. The Morgan fingerprint density at radius 3 is 2.79 bits per heavy atom. The smallest absolute Gasteiger partial charge is 0.318 e. The third kappa shape index (κ3) is 3.53. The van der Waals surface area contributed by atoms with E-state index in [1.54, 1.807) is 4.90 Å². The normalized spacial score (nSPS) is 24.7. The fourth-order valence-electron chi connectivity index (χ4n) is 3.86. The third-order valence-corrected chi connectivity index (χ3v) is 5.21. The maximum absolute atomic E-state index is 12.8. The predicted octanol–water partition coefficient (Wildman–Crippen LogP) is 1.62. The van der Waals surface area contributed by atoms with Crippen LogP contribution in [0.1, 0.15) is 70.2 Å². The molecule has 0 unspecified atom stereocenters. The number of hydrogen-bond acceptors (Lipinski definition) is 5. The molecule has 1 aromatic heterocycles. The van der Waals surface area contributed by atoms with E-state index in [1.165, 1.54) is 12.8 Å². The second-order valence-corrected chi connectivity index (χ2v) is 6.88. The molecule has 1 aromatic rings. The summed E-state index contributed by atoms with van der Waals surface area (Å²) >= 11 is 0. The number of likely N-dealkylation sites (tertiary alicyclic amines) is 1. The van der Waals surface area contributed by atoms with Gasteiger partial charge in [-0.05, 0) is 42.5 Å². The van der Waals surface area contributed by atoms with E-state index in [9.17, 15) is 9.90 Å². The molecule has 8 nitrogen and oxygen atoms in total. The van der Waals surface area contributed by atoms with Crippen LogP contribution in [0.4, 0.5) is 4.79 Å². The zero-order valence-corrected chi connectivity index (χ0v) is 14.4. The van der Waals surface area contributed by atoms with E-state index in [1.807, 2.05) is 4.68 Å². The van der Waals surface area contributed by atoms with E-state index in [0.29, 0.717) is 0 Å². The van der Waals surface area contributed by atoms with Crippen molar-refractivity contribution in [3.8, 4) is 0 Å². The standard InChI is InChI=1S/C16H28N6O2/c1-2-3-10-21-15(18-19-20-21)14-9-8-13(11-23)22(14)16(24)17-12-6-4-5-7-12/h12-14,23H,2-11H2,1H3,(H,17,24)/t13-,14-/m0/s1. The molecule has 2 heterocycles. The van der Waals surface area contributed by atoms with Crippen molar-refractivity contribution in [1.82, 2.24) is 30.4 Å². The van der Waals surface area contributed by atoms with Gasteiger partial charge in [-0.2, -0.15) is 0 Å². The van der Waals surface area contributed by atoms with Gasteiger partial charge in [-0.3, -0.25) is 0 Å². The molecule has 1 aliphatic carbocycles. The van der Waals surface area contributed by atoms with Crippen LogP contribution in [-0.4, -0.2) is 54.9 Å². The lowest BCUT2D eigenvalue weighted by atomic mass is 10.2. The average molecular weight is 336 g/mol. The predicted molar refractivity (Wildman–Crippen MR) is 88.2 cm³/mol. The molecule has 134 valence electrons. The van der Waals surface area contributed by atoms with Gasteiger partial charge in [0.25, 0.3) is 0 Å². The largest absolute Gasteiger partial charge is 0.394 e. The molecule has 8 heteroatoms. The van der Waals surface area contributed by atoms with Crippen molar-refractivity contribution in [2.45, 2.75) is 83.0 Å². The molecule has 2 fully saturated rings. The van der Waals surface area contributed by atoms with Gasteiger partial charge in [0.2, 0.25) is 0 Å². The van der Waals surface area contributed by atoms with Gasteiger partial charge in [0.15, 0.2) is 5.82 Å². The van der Waals surface area contributed by atoms with Gasteiger partial charge in [-0.1, -0.05) is 26.2 Å². The molecule has 24 heavy (non-hydrogen) atoms. The summed E-state index contributed by atoms with van der Waals surface area (Å²) in [4.78, 5) is 14.6. The van der Waals surface area contributed by atoms with Crippen LogP contribution >= 0.6 is 0 Å². The molecule has 2 atom stereocenters. The molecule has 0 radical (unpaired) electrons. The minimum Gasteiger partial charge on any atom is -0.394 e. The third-order valence-electron chi connectivity index (χ3n) is 5.21. The van der Waals surface area contributed by atoms with E-state index in [2.05, 4.69) is 27.8 Å². The number of urea groups is 1. The first-order chi connectivity index (χ1) is 11.7. The number of carbonyl (C=O) groups excluding carboxylic acids is 1. The number of tetrazole rings is 1. The van der Waals surface area contributed by atoms with Crippen LogP contribution < -0.4 is 5.32 Å². The molecule has 0 aromatic carbocycles. The highest BCUT2D eigenvalue weighted by molar-refractivity contribution is 5.75. The summed E-state index contributed by atoms with van der Waals surface area (Å²) < 4.78 is 1.81. The van der Waals surface area contributed by atoms with Crippen LogP contribution in [0, 0.1) is 0 Å². The Morgan fingerprint density at radius 2 is 2.08 bits per heavy atom. The van der Waals surface area contributed by atoms with Crippen molar-refractivity contribution in [2.75, 3.05) is 6.61 Å². The highest BCUT2D eigenvalue weighted by atomic mass is 16.3. The van der Waals surface area contributed by atoms with Gasteiger partial charge >= 0.3 is 6.03 Å². The number of rotatable bonds is 6. The maximum Gasteiger partial charge on any atom is 0.318 e. The Labute approximate surface area is 142 Å². The fraction of sp³-hybridized carbons (Fsp3) is 0.875. The molecule has 1 saturated carbocycles. The summed E-state index contributed by atoms with van der Waals surface area (Å²) in [6.07, 6.45) is 8.07. The minimum absolute atomic E-state index is 0.0227. The Kier molecular flexibility index (Phi) is 5.65. The SMILES string of the molecule is CCCCn1nnnc1[C@@H]1CC[C@@H](CO)N1C(=O)NC1CCCC1. The average Bonchev–Trinajstić information content (AvgIpc) is 3.31. The quantitative estimate of drug-likeness (QED) is 0.823. The number of hydrogen-bond donors (Lipinski definition) is 2. The summed E-state index contributed by atoms with van der Waals surface area (Å²) in [5.74, 6) is 0.737. The summed E-state index contributed by atoms with van der Waals surface area (Å²) in [7, 11) is 0. The van der Waals surface area contributed by atoms with Crippen LogP contribution in [0.2, 0.25) is 0 Å². The van der Waals surface area contributed by atoms with Crippen molar-refractivity contribution in [3.05, 3.63) is 5.82 Å². The Bertz CT molecular complexity index is 542. The summed E-state index contributed by atoms with van der Waals surface area (Å²) in [6, 6.07) is -0.147. The molecular weight excluding hydrogens is 308 g/mol. The number of nitrogens with zero attached hydrogens (tertiary/aromatic N) is 5. The van der Waals surface area contributed by atoms with Gasteiger partial charge in [-0.25, -0.2) is 9.48 Å². The number of aliphatic hydroxyl groups excluding tert-OH is 1. The number of aliphatic hydroxyl groups is 1. The molecule has 2 N–H and O–H groups in total. The number of amides is 2. The molecular formula is C16H28N6O2. The topological polar surface area (TPSA) is 96.2 Å².